The molecular weight excluding hydrogens is 146 g/mol. The first-order valence-electron chi connectivity index (χ1n) is 4.99. The van der Waals surface area contributed by atoms with Crippen molar-refractivity contribution in [1.82, 2.24) is 4.90 Å². The molecule has 1 rings (SSSR count). The topological polar surface area (TPSA) is 3.24 Å². The summed E-state index contributed by atoms with van der Waals surface area (Å²) in [6, 6.07) is 0. The number of hydrogen-bond donors (Lipinski definition) is 0. The Kier molecular flexibility index (Phi) is 3.19. The van der Waals surface area contributed by atoms with Crippen LogP contribution in [0.15, 0.2) is 11.8 Å². The molecule has 0 aliphatic heterocycles. The van der Waals surface area contributed by atoms with Gasteiger partial charge in [-0.2, -0.15) is 0 Å². The third-order valence-electron chi connectivity index (χ3n) is 3.01. The van der Waals surface area contributed by atoms with Crippen LogP contribution >= 0.6 is 0 Å². The predicted octanol–water partition coefficient (Wildman–Crippen LogP) is 2.89. The zero-order valence-electron chi connectivity index (χ0n) is 8.80. The molecule has 1 nitrogen and oxygen atoms in total. The molecule has 0 bridgehead atoms. The molecule has 0 radical (unpaired) electrons. The molecule has 1 atom stereocenters. The van der Waals surface area contributed by atoms with Crippen molar-refractivity contribution in [3.63, 3.8) is 0 Å². The molecule has 1 saturated carbocycles. The Bertz CT molecular complexity index is 168. The maximum Gasteiger partial charge on any atom is 0.0199 e. The average Bonchev–Trinajstić information content (AvgIpc) is 2.84. The minimum atomic E-state index is 0.880. The molecule has 70 valence electrons. The van der Waals surface area contributed by atoms with Crippen LogP contribution in [0.3, 0.4) is 0 Å². The Hall–Kier alpha value is -0.460. The molecule has 0 aromatic heterocycles. The van der Waals surface area contributed by atoms with Crippen molar-refractivity contribution in [2.24, 2.45) is 11.8 Å². The van der Waals surface area contributed by atoms with Crippen LogP contribution in [0, 0.1) is 11.8 Å². The van der Waals surface area contributed by atoms with Gasteiger partial charge in [0.1, 0.15) is 0 Å². The largest absolute Gasteiger partial charge is 0.378 e. The SMILES string of the molecule is C/C=C(\C)N(C)CC(C)C1CC1. The van der Waals surface area contributed by atoms with Crippen LogP contribution in [0.2, 0.25) is 0 Å². The van der Waals surface area contributed by atoms with Gasteiger partial charge < -0.3 is 4.90 Å². The van der Waals surface area contributed by atoms with Gasteiger partial charge in [-0.15, -0.1) is 0 Å². The molecule has 1 heteroatoms. The summed E-state index contributed by atoms with van der Waals surface area (Å²) in [4.78, 5) is 2.36. The Morgan fingerprint density at radius 2 is 2.17 bits per heavy atom. The van der Waals surface area contributed by atoms with E-state index in [1.807, 2.05) is 0 Å². The highest BCUT2D eigenvalue weighted by Gasteiger charge is 2.28. The Morgan fingerprint density at radius 1 is 1.58 bits per heavy atom. The van der Waals surface area contributed by atoms with Crippen molar-refractivity contribution in [2.75, 3.05) is 13.6 Å². The van der Waals surface area contributed by atoms with E-state index in [-0.39, 0.29) is 0 Å². The summed E-state index contributed by atoms with van der Waals surface area (Å²) in [7, 11) is 2.19. The van der Waals surface area contributed by atoms with Gasteiger partial charge in [-0.3, -0.25) is 0 Å². The van der Waals surface area contributed by atoms with Crippen LogP contribution in [0.4, 0.5) is 0 Å². The molecular formula is C11H21N. The molecule has 1 aliphatic carbocycles. The van der Waals surface area contributed by atoms with Gasteiger partial charge in [0.15, 0.2) is 0 Å². The molecule has 1 fully saturated rings. The fourth-order valence-corrected chi connectivity index (χ4v) is 1.61. The number of nitrogens with zero attached hydrogens (tertiary/aromatic N) is 1. The van der Waals surface area contributed by atoms with Crippen molar-refractivity contribution in [3.8, 4) is 0 Å². The normalized spacial score (nSPS) is 20.8. The lowest BCUT2D eigenvalue weighted by atomic mass is 10.1. The Balaban J connectivity index is 2.28. The lowest BCUT2D eigenvalue weighted by Crippen LogP contribution is -2.23. The number of hydrogen-bond acceptors (Lipinski definition) is 1. The molecule has 0 saturated heterocycles. The summed E-state index contributed by atoms with van der Waals surface area (Å²) in [6.07, 6.45) is 5.10. The third-order valence-corrected chi connectivity index (χ3v) is 3.01. The first-order chi connectivity index (χ1) is 5.65. The van der Waals surface area contributed by atoms with E-state index in [0.29, 0.717) is 0 Å². The van der Waals surface area contributed by atoms with E-state index < -0.39 is 0 Å². The van der Waals surface area contributed by atoms with E-state index >= 15 is 0 Å². The average molecular weight is 167 g/mol. The van der Waals surface area contributed by atoms with Crippen LogP contribution in [0.25, 0.3) is 0 Å². The molecule has 0 aromatic rings. The smallest absolute Gasteiger partial charge is 0.0199 e. The summed E-state index contributed by atoms with van der Waals surface area (Å²) in [6.45, 7) is 7.88. The molecule has 0 heterocycles. The molecule has 0 aromatic carbocycles. The van der Waals surface area contributed by atoms with Gasteiger partial charge in [0.2, 0.25) is 0 Å². The summed E-state index contributed by atoms with van der Waals surface area (Å²) < 4.78 is 0. The van der Waals surface area contributed by atoms with Crippen molar-refractivity contribution in [2.45, 2.75) is 33.6 Å². The molecule has 0 amide bonds. The van der Waals surface area contributed by atoms with Gasteiger partial charge in [-0.25, -0.2) is 0 Å². The second kappa shape index (κ2) is 3.97. The van der Waals surface area contributed by atoms with Crippen LogP contribution in [-0.2, 0) is 0 Å². The lowest BCUT2D eigenvalue weighted by Gasteiger charge is -2.23. The van der Waals surface area contributed by atoms with Crippen LogP contribution in [0.5, 0.6) is 0 Å². The van der Waals surface area contributed by atoms with E-state index in [4.69, 9.17) is 0 Å². The maximum absolute atomic E-state index is 2.37. The monoisotopic (exact) mass is 167 g/mol. The first-order valence-corrected chi connectivity index (χ1v) is 4.99. The van der Waals surface area contributed by atoms with E-state index in [0.717, 1.165) is 11.8 Å². The minimum absolute atomic E-state index is 0.880. The van der Waals surface area contributed by atoms with E-state index in [1.165, 1.54) is 25.1 Å². The summed E-state index contributed by atoms with van der Waals surface area (Å²) in [5.41, 5.74) is 1.39. The highest BCUT2D eigenvalue weighted by Crippen LogP contribution is 2.36. The zero-order valence-corrected chi connectivity index (χ0v) is 8.80. The summed E-state index contributed by atoms with van der Waals surface area (Å²) in [5.74, 6) is 1.90. The van der Waals surface area contributed by atoms with Crippen molar-refractivity contribution >= 4 is 0 Å². The summed E-state index contributed by atoms with van der Waals surface area (Å²) >= 11 is 0. The predicted molar refractivity (Wildman–Crippen MR) is 53.9 cm³/mol. The van der Waals surface area contributed by atoms with Gasteiger partial charge >= 0.3 is 0 Å². The quantitative estimate of drug-likeness (QED) is 0.622. The molecule has 1 unspecified atom stereocenters. The fourth-order valence-electron chi connectivity index (χ4n) is 1.61. The maximum atomic E-state index is 2.37. The second-order valence-electron chi connectivity index (χ2n) is 4.13. The van der Waals surface area contributed by atoms with Crippen LogP contribution < -0.4 is 0 Å². The standard InChI is InChI=1S/C11H21N/c1-5-10(3)12(4)8-9(2)11-6-7-11/h5,9,11H,6-8H2,1-4H3/b10-5+. The Morgan fingerprint density at radius 3 is 2.58 bits per heavy atom. The highest BCUT2D eigenvalue weighted by molar-refractivity contribution is 4.95. The van der Waals surface area contributed by atoms with E-state index in [1.54, 1.807) is 0 Å². The molecule has 0 spiro atoms. The summed E-state index contributed by atoms with van der Waals surface area (Å²) in [5, 5.41) is 0. The fraction of sp³-hybridized carbons (Fsp3) is 0.818. The van der Waals surface area contributed by atoms with Crippen molar-refractivity contribution in [3.05, 3.63) is 11.8 Å². The highest BCUT2D eigenvalue weighted by atomic mass is 15.1. The van der Waals surface area contributed by atoms with Gasteiger partial charge in [0, 0.05) is 19.3 Å². The Labute approximate surface area is 76.5 Å². The van der Waals surface area contributed by atoms with Gasteiger partial charge in [-0.1, -0.05) is 13.0 Å². The first kappa shape index (κ1) is 9.63. The molecule has 12 heavy (non-hydrogen) atoms. The minimum Gasteiger partial charge on any atom is -0.378 e. The van der Waals surface area contributed by atoms with Crippen LogP contribution in [-0.4, -0.2) is 18.5 Å². The van der Waals surface area contributed by atoms with Crippen molar-refractivity contribution < 1.29 is 0 Å². The van der Waals surface area contributed by atoms with Gasteiger partial charge in [0.05, 0.1) is 0 Å². The molecule has 0 N–H and O–H groups in total. The molecule has 1 aliphatic rings. The lowest BCUT2D eigenvalue weighted by molar-refractivity contribution is 0.324. The van der Waals surface area contributed by atoms with Gasteiger partial charge in [0.25, 0.3) is 0 Å². The second-order valence-corrected chi connectivity index (χ2v) is 4.13. The van der Waals surface area contributed by atoms with E-state index in [2.05, 4.69) is 38.8 Å². The number of allylic oxidation sites excluding steroid dienone is 2. The van der Waals surface area contributed by atoms with Gasteiger partial charge in [-0.05, 0) is 38.5 Å². The van der Waals surface area contributed by atoms with E-state index in [9.17, 15) is 0 Å². The zero-order chi connectivity index (χ0) is 9.14. The third kappa shape index (κ3) is 2.54. The van der Waals surface area contributed by atoms with Crippen LogP contribution in [0.1, 0.15) is 33.6 Å². The number of rotatable bonds is 4. The van der Waals surface area contributed by atoms with Crippen molar-refractivity contribution in [1.29, 1.82) is 0 Å².